The predicted octanol–water partition coefficient (Wildman–Crippen LogP) is 2.44. The van der Waals surface area contributed by atoms with Crippen molar-refractivity contribution in [1.29, 1.82) is 0 Å². The van der Waals surface area contributed by atoms with Crippen LogP contribution in [0.4, 0.5) is 0 Å². The van der Waals surface area contributed by atoms with Gasteiger partial charge in [0.25, 0.3) is 0 Å². The van der Waals surface area contributed by atoms with Gasteiger partial charge < -0.3 is 0 Å². The van der Waals surface area contributed by atoms with Gasteiger partial charge in [0.2, 0.25) is 0 Å². The van der Waals surface area contributed by atoms with Crippen molar-refractivity contribution in [3.63, 3.8) is 0 Å². The molecule has 0 bridgehead atoms. The molecule has 0 atom stereocenters. The summed E-state index contributed by atoms with van der Waals surface area (Å²) in [6, 6.07) is 7.30. The first-order valence-electron chi connectivity index (χ1n) is 4.75. The Hall–Kier alpha value is -1.94. The number of fused-ring (bicyclic) bond motifs is 1. The molecule has 0 aromatic carbocycles. The highest BCUT2D eigenvalue weighted by molar-refractivity contribution is 6.30. The summed E-state index contributed by atoms with van der Waals surface area (Å²) < 4.78 is 1.70. The zero-order chi connectivity index (χ0) is 11.0. The second-order valence-corrected chi connectivity index (χ2v) is 3.76. The zero-order valence-corrected chi connectivity index (χ0v) is 8.96. The third kappa shape index (κ3) is 1.53. The van der Waals surface area contributed by atoms with Gasteiger partial charge in [-0.2, -0.15) is 0 Å². The van der Waals surface area contributed by atoms with Crippen LogP contribution in [0.25, 0.3) is 17.0 Å². The van der Waals surface area contributed by atoms with E-state index in [1.165, 1.54) is 0 Å². The maximum Gasteiger partial charge on any atom is 0.182 e. The number of rotatable bonds is 1. The minimum absolute atomic E-state index is 0.654. The molecule has 16 heavy (non-hydrogen) atoms. The normalized spacial score (nSPS) is 10.8. The second-order valence-electron chi connectivity index (χ2n) is 3.32. The van der Waals surface area contributed by atoms with Crippen molar-refractivity contribution in [1.82, 2.24) is 19.6 Å². The molecule has 0 N–H and O–H groups in total. The topological polar surface area (TPSA) is 43.1 Å². The second kappa shape index (κ2) is 3.57. The highest BCUT2D eigenvalue weighted by atomic mass is 35.5. The molecule has 0 spiro atoms. The van der Waals surface area contributed by atoms with Crippen molar-refractivity contribution < 1.29 is 0 Å². The summed E-state index contributed by atoms with van der Waals surface area (Å²) >= 11 is 5.88. The summed E-state index contributed by atoms with van der Waals surface area (Å²) in [5, 5.41) is 5.00. The zero-order valence-electron chi connectivity index (χ0n) is 8.21. The number of halogens is 1. The molecule has 5 heteroatoms. The van der Waals surface area contributed by atoms with Crippen LogP contribution in [-0.4, -0.2) is 19.6 Å². The van der Waals surface area contributed by atoms with Gasteiger partial charge >= 0.3 is 0 Å². The lowest BCUT2D eigenvalue weighted by atomic mass is 10.3. The molecule has 3 rings (SSSR count). The van der Waals surface area contributed by atoms with Crippen molar-refractivity contribution in [2.75, 3.05) is 0 Å². The molecule has 0 fully saturated rings. The van der Waals surface area contributed by atoms with Crippen LogP contribution in [0.5, 0.6) is 0 Å². The maximum atomic E-state index is 5.88. The van der Waals surface area contributed by atoms with Gasteiger partial charge in [0, 0.05) is 35.2 Å². The van der Waals surface area contributed by atoms with Gasteiger partial charge in [-0.15, -0.1) is 5.10 Å². The maximum absolute atomic E-state index is 5.88. The van der Waals surface area contributed by atoms with E-state index in [9.17, 15) is 0 Å². The number of pyridine rings is 2. The van der Waals surface area contributed by atoms with E-state index in [0.717, 1.165) is 11.2 Å². The average Bonchev–Trinajstić information content (AvgIpc) is 2.73. The molecule has 0 saturated carbocycles. The van der Waals surface area contributed by atoms with Crippen LogP contribution in [-0.2, 0) is 0 Å². The molecular weight excluding hydrogens is 224 g/mol. The van der Waals surface area contributed by atoms with Crippen molar-refractivity contribution in [2.45, 2.75) is 0 Å². The lowest BCUT2D eigenvalue weighted by Gasteiger charge is -1.90. The van der Waals surface area contributed by atoms with Crippen molar-refractivity contribution in [2.24, 2.45) is 0 Å². The van der Waals surface area contributed by atoms with Gasteiger partial charge in [-0.05, 0) is 18.2 Å². The molecule has 0 unspecified atom stereocenters. The number of nitrogens with zero attached hydrogens (tertiary/aromatic N) is 4. The molecule has 0 aliphatic heterocycles. The van der Waals surface area contributed by atoms with Gasteiger partial charge in [-0.3, -0.25) is 4.98 Å². The van der Waals surface area contributed by atoms with Crippen LogP contribution in [0, 0.1) is 0 Å². The van der Waals surface area contributed by atoms with Crippen molar-refractivity contribution in [3.8, 4) is 11.4 Å². The molecule has 0 radical (unpaired) electrons. The van der Waals surface area contributed by atoms with Gasteiger partial charge in [0.15, 0.2) is 11.5 Å². The predicted molar refractivity (Wildman–Crippen MR) is 61.2 cm³/mol. The van der Waals surface area contributed by atoms with Crippen LogP contribution < -0.4 is 0 Å². The Kier molecular flexibility index (Phi) is 2.08. The van der Waals surface area contributed by atoms with E-state index in [1.807, 2.05) is 12.1 Å². The third-order valence-electron chi connectivity index (χ3n) is 2.24. The number of aromatic nitrogens is 4. The Bertz CT molecular complexity index is 633. The Morgan fingerprint density at radius 3 is 2.75 bits per heavy atom. The standard InChI is InChI=1S/C11H7ClN4/c12-9-3-6-16-10(7-9)14-11(15-16)8-1-4-13-5-2-8/h1-7H. The largest absolute Gasteiger partial charge is 0.265 e. The molecular formula is C11H7ClN4. The summed E-state index contributed by atoms with van der Waals surface area (Å²) in [5.41, 5.74) is 1.68. The SMILES string of the molecule is Clc1ccn2nc(-c3ccncc3)nc2c1. The molecule has 0 saturated heterocycles. The number of hydrogen-bond acceptors (Lipinski definition) is 3. The summed E-state index contributed by atoms with van der Waals surface area (Å²) in [7, 11) is 0. The highest BCUT2D eigenvalue weighted by Gasteiger charge is 2.05. The Labute approximate surface area is 96.5 Å². The van der Waals surface area contributed by atoms with E-state index in [4.69, 9.17) is 11.6 Å². The van der Waals surface area contributed by atoms with Gasteiger partial charge in [0.1, 0.15) is 0 Å². The summed E-state index contributed by atoms with van der Waals surface area (Å²) in [5.74, 6) is 0.671. The molecule has 3 heterocycles. The highest BCUT2D eigenvalue weighted by Crippen LogP contribution is 2.16. The van der Waals surface area contributed by atoms with Gasteiger partial charge in [-0.25, -0.2) is 9.50 Å². The fourth-order valence-corrected chi connectivity index (χ4v) is 1.63. The van der Waals surface area contributed by atoms with E-state index < -0.39 is 0 Å². The number of hydrogen-bond donors (Lipinski definition) is 0. The molecule has 4 nitrogen and oxygen atoms in total. The molecule has 0 aliphatic rings. The lowest BCUT2D eigenvalue weighted by Crippen LogP contribution is -1.85. The van der Waals surface area contributed by atoms with E-state index in [2.05, 4.69) is 15.1 Å². The van der Waals surface area contributed by atoms with Crippen LogP contribution in [0.1, 0.15) is 0 Å². The first-order chi connectivity index (χ1) is 7.83. The van der Waals surface area contributed by atoms with Gasteiger partial charge in [-0.1, -0.05) is 11.6 Å². The molecule has 78 valence electrons. The summed E-state index contributed by atoms with van der Waals surface area (Å²) in [6.45, 7) is 0. The first-order valence-corrected chi connectivity index (χ1v) is 5.13. The van der Waals surface area contributed by atoms with E-state index >= 15 is 0 Å². The van der Waals surface area contributed by atoms with Gasteiger partial charge in [0.05, 0.1) is 0 Å². The van der Waals surface area contributed by atoms with E-state index in [0.29, 0.717) is 10.8 Å². The fraction of sp³-hybridized carbons (Fsp3) is 0. The monoisotopic (exact) mass is 230 g/mol. The molecule has 0 aliphatic carbocycles. The van der Waals surface area contributed by atoms with Crippen LogP contribution in [0.15, 0.2) is 42.9 Å². The van der Waals surface area contributed by atoms with E-state index in [1.54, 1.807) is 35.2 Å². The van der Waals surface area contributed by atoms with Crippen LogP contribution in [0.3, 0.4) is 0 Å². The van der Waals surface area contributed by atoms with Crippen molar-refractivity contribution >= 4 is 17.2 Å². The lowest BCUT2D eigenvalue weighted by molar-refractivity contribution is 0.965. The Morgan fingerprint density at radius 1 is 1.12 bits per heavy atom. The Morgan fingerprint density at radius 2 is 1.94 bits per heavy atom. The van der Waals surface area contributed by atoms with Crippen LogP contribution >= 0.6 is 11.6 Å². The quantitative estimate of drug-likeness (QED) is 0.645. The third-order valence-corrected chi connectivity index (χ3v) is 2.47. The summed E-state index contributed by atoms with van der Waals surface area (Å²) in [4.78, 5) is 8.34. The minimum Gasteiger partial charge on any atom is -0.265 e. The first kappa shape index (κ1) is 9.30. The fourth-order valence-electron chi connectivity index (χ4n) is 1.48. The average molecular weight is 231 g/mol. The molecule has 0 amide bonds. The Balaban J connectivity index is 2.19. The van der Waals surface area contributed by atoms with Crippen LogP contribution in [0.2, 0.25) is 5.02 Å². The van der Waals surface area contributed by atoms with Crippen molar-refractivity contribution in [3.05, 3.63) is 47.9 Å². The summed E-state index contributed by atoms with van der Waals surface area (Å²) in [6.07, 6.45) is 5.22. The van der Waals surface area contributed by atoms with E-state index in [-0.39, 0.29) is 0 Å². The minimum atomic E-state index is 0.654. The molecule has 3 aromatic heterocycles. The molecule has 3 aromatic rings. The smallest absolute Gasteiger partial charge is 0.182 e.